The summed E-state index contributed by atoms with van der Waals surface area (Å²) in [6.07, 6.45) is 7.44. The highest BCUT2D eigenvalue weighted by Crippen LogP contribution is 2.45. The number of rotatable bonds is 3. The number of sulfone groups is 1. The van der Waals surface area contributed by atoms with Gasteiger partial charge < -0.3 is 10.2 Å². The molecule has 1 saturated carbocycles. The van der Waals surface area contributed by atoms with Crippen LogP contribution in [-0.4, -0.2) is 55.9 Å². The van der Waals surface area contributed by atoms with E-state index in [0.717, 1.165) is 51.4 Å². The minimum atomic E-state index is -2.80. The predicted octanol–water partition coefficient (Wildman–Crippen LogP) is 1.23. The van der Waals surface area contributed by atoms with E-state index in [4.69, 9.17) is 5.26 Å². The lowest BCUT2D eigenvalue weighted by Crippen LogP contribution is -2.46. The molecule has 1 N–H and O–H groups in total. The molecule has 6 nitrogen and oxygen atoms in total. The lowest BCUT2D eigenvalue weighted by Gasteiger charge is -2.43. The molecular formula is C17H27N3O3S. The summed E-state index contributed by atoms with van der Waals surface area (Å²) in [5.41, 5.74) is 0.217. The summed E-state index contributed by atoms with van der Waals surface area (Å²) in [4.78, 5) is 14.0. The zero-order valence-corrected chi connectivity index (χ0v) is 15.0. The molecule has 0 aromatic rings. The zero-order valence-electron chi connectivity index (χ0n) is 14.2. The average Bonchev–Trinajstić information content (AvgIpc) is 3.06. The molecule has 2 aliphatic heterocycles. The first-order valence-electron chi connectivity index (χ1n) is 9.06. The van der Waals surface area contributed by atoms with Crippen molar-refractivity contribution in [3.05, 3.63) is 0 Å². The maximum absolute atomic E-state index is 12.3. The van der Waals surface area contributed by atoms with Crippen molar-refractivity contribution in [3.63, 3.8) is 0 Å². The van der Waals surface area contributed by atoms with Gasteiger partial charge in [0.05, 0.1) is 24.1 Å². The molecule has 0 radical (unpaired) electrons. The first kappa shape index (κ1) is 17.7. The number of nitrogens with zero attached hydrogens (tertiary/aromatic N) is 2. The molecule has 134 valence electrons. The van der Waals surface area contributed by atoms with Crippen molar-refractivity contribution >= 4 is 15.7 Å². The number of carbonyl (C=O) groups is 1. The number of hydrogen-bond donors (Lipinski definition) is 1. The summed E-state index contributed by atoms with van der Waals surface area (Å²) in [6, 6.07) is 2.29. The Kier molecular flexibility index (Phi) is 5.16. The minimum absolute atomic E-state index is 0.0306. The fourth-order valence-electron chi connectivity index (χ4n) is 4.44. The normalized spacial score (nSPS) is 29.5. The molecule has 24 heavy (non-hydrogen) atoms. The second-order valence-electron chi connectivity index (χ2n) is 7.68. The van der Waals surface area contributed by atoms with Gasteiger partial charge in [-0.2, -0.15) is 5.26 Å². The van der Waals surface area contributed by atoms with E-state index < -0.39 is 9.84 Å². The topological polar surface area (TPSA) is 90.3 Å². The Balaban J connectivity index is 1.43. The maximum atomic E-state index is 12.3. The first-order chi connectivity index (χ1) is 11.4. The van der Waals surface area contributed by atoms with E-state index in [9.17, 15) is 13.2 Å². The smallest absolute Gasteiger partial charge is 0.237 e. The van der Waals surface area contributed by atoms with Crippen LogP contribution in [0.5, 0.6) is 0 Å². The van der Waals surface area contributed by atoms with E-state index in [2.05, 4.69) is 11.4 Å². The number of amides is 1. The van der Waals surface area contributed by atoms with Gasteiger partial charge >= 0.3 is 0 Å². The van der Waals surface area contributed by atoms with Gasteiger partial charge in [0.2, 0.25) is 5.91 Å². The molecule has 3 aliphatic rings. The third-order valence-corrected chi connectivity index (χ3v) is 7.85. The zero-order chi connectivity index (χ0) is 17.2. The van der Waals surface area contributed by atoms with Gasteiger partial charge in [0.1, 0.15) is 15.9 Å². The second-order valence-corrected chi connectivity index (χ2v) is 9.98. The molecule has 0 aromatic carbocycles. The van der Waals surface area contributed by atoms with Crippen LogP contribution in [0.2, 0.25) is 0 Å². The van der Waals surface area contributed by atoms with E-state index in [1.54, 1.807) is 4.90 Å². The Labute approximate surface area is 144 Å². The van der Waals surface area contributed by atoms with Gasteiger partial charge in [0, 0.05) is 12.6 Å². The van der Waals surface area contributed by atoms with Crippen LogP contribution in [-0.2, 0) is 14.6 Å². The largest absolute Gasteiger partial charge is 0.326 e. The van der Waals surface area contributed by atoms with Crippen molar-refractivity contribution in [1.82, 2.24) is 10.2 Å². The summed E-state index contributed by atoms with van der Waals surface area (Å²) in [6.45, 7) is 1.01. The molecular weight excluding hydrogens is 326 g/mol. The molecule has 7 heteroatoms. The molecule has 1 aliphatic carbocycles. The van der Waals surface area contributed by atoms with Crippen molar-refractivity contribution < 1.29 is 13.2 Å². The Hall–Kier alpha value is -1.13. The summed E-state index contributed by atoms with van der Waals surface area (Å²) < 4.78 is 23.2. The quantitative estimate of drug-likeness (QED) is 0.824. The van der Waals surface area contributed by atoms with Crippen molar-refractivity contribution in [2.45, 2.75) is 63.5 Å². The monoisotopic (exact) mass is 353 g/mol. The van der Waals surface area contributed by atoms with Gasteiger partial charge in [-0.25, -0.2) is 8.42 Å². The summed E-state index contributed by atoms with van der Waals surface area (Å²) >= 11 is 0. The summed E-state index contributed by atoms with van der Waals surface area (Å²) in [7, 11) is -2.80. The van der Waals surface area contributed by atoms with E-state index in [-0.39, 0.29) is 17.4 Å². The summed E-state index contributed by atoms with van der Waals surface area (Å²) in [5, 5.41) is 12.4. The minimum Gasteiger partial charge on any atom is -0.326 e. The van der Waals surface area contributed by atoms with Crippen molar-refractivity contribution in [2.24, 2.45) is 5.41 Å². The molecule has 1 atom stereocenters. The Morgan fingerprint density at radius 2 is 1.83 bits per heavy atom. The predicted molar refractivity (Wildman–Crippen MR) is 90.9 cm³/mol. The molecule has 0 bridgehead atoms. The van der Waals surface area contributed by atoms with Gasteiger partial charge in [-0.3, -0.25) is 4.79 Å². The average molecular weight is 353 g/mol. The van der Waals surface area contributed by atoms with Crippen LogP contribution in [0.4, 0.5) is 0 Å². The van der Waals surface area contributed by atoms with Gasteiger partial charge in [-0.15, -0.1) is 0 Å². The first-order valence-corrected chi connectivity index (χ1v) is 10.9. The highest BCUT2D eigenvalue weighted by atomic mass is 32.2. The van der Waals surface area contributed by atoms with Crippen molar-refractivity contribution in [2.75, 3.05) is 24.6 Å². The highest BCUT2D eigenvalue weighted by molar-refractivity contribution is 7.91. The fourth-order valence-corrected chi connectivity index (χ4v) is 6.13. The SMILES string of the molecule is N#CC1CCCN1C(=O)CNC1CCC2(CC1)CCS(=O)(=O)CC2. The number of nitrogens with one attached hydrogen (secondary N) is 1. The number of nitriles is 1. The number of likely N-dealkylation sites (tertiary alicyclic amines) is 1. The fraction of sp³-hybridized carbons (Fsp3) is 0.882. The van der Waals surface area contributed by atoms with E-state index >= 15 is 0 Å². The lowest BCUT2D eigenvalue weighted by molar-refractivity contribution is -0.130. The molecule has 2 heterocycles. The second kappa shape index (κ2) is 7.01. The Morgan fingerprint density at radius 1 is 1.17 bits per heavy atom. The van der Waals surface area contributed by atoms with Crippen LogP contribution >= 0.6 is 0 Å². The van der Waals surface area contributed by atoms with Gasteiger partial charge in [-0.05, 0) is 56.8 Å². The Morgan fingerprint density at radius 3 is 2.46 bits per heavy atom. The maximum Gasteiger partial charge on any atom is 0.237 e. The van der Waals surface area contributed by atoms with Crippen LogP contribution in [0, 0.1) is 16.7 Å². The molecule has 1 spiro atoms. The molecule has 3 rings (SSSR count). The van der Waals surface area contributed by atoms with Crippen LogP contribution in [0.3, 0.4) is 0 Å². The molecule has 1 unspecified atom stereocenters. The van der Waals surface area contributed by atoms with Crippen LogP contribution in [0.25, 0.3) is 0 Å². The third-order valence-electron chi connectivity index (χ3n) is 6.20. The van der Waals surface area contributed by atoms with E-state index in [0.29, 0.717) is 30.6 Å². The van der Waals surface area contributed by atoms with Gasteiger partial charge in [0.15, 0.2) is 0 Å². The Bertz CT molecular complexity index is 601. The van der Waals surface area contributed by atoms with Crippen molar-refractivity contribution in [3.8, 4) is 6.07 Å². The number of hydrogen-bond acceptors (Lipinski definition) is 5. The van der Waals surface area contributed by atoms with E-state index in [1.165, 1.54) is 0 Å². The van der Waals surface area contributed by atoms with Gasteiger partial charge in [0.25, 0.3) is 0 Å². The van der Waals surface area contributed by atoms with Gasteiger partial charge in [-0.1, -0.05) is 0 Å². The van der Waals surface area contributed by atoms with Crippen LogP contribution < -0.4 is 5.32 Å². The molecule has 1 amide bonds. The molecule has 3 fully saturated rings. The van der Waals surface area contributed by atoms with E-state index in [1.807, 2.05) is 0 Å². The standard InChI is InChI=1S/C17H27N3O3S/c18-12-15-2-1-9-20(15)16(21)13-19-14-3-5-17(6-4-14)7-10-24(22,23)11-8-17/h14-15,19H,1-11,13H2. The van der Waals surface area contributed by atoms with Crippen LogP contribution in [0.1, 0.15) is 51.4 Å². The molecule has 0 aromatic heterocycles. The lowest BCUT2D eigenvalue weighted by atomic mass is 9.69. The van der Waals surface area contributed by atoms with Crippen LogP contribution in [0.15, 0.2) is 0 Å². The highest BCUT2D eigenvalue weighted by Gasteiger charge is 2.40. The molecule has 2 saturated heterocycles. The van der Waals surface area contributed by atoms with Crippen molar-refractivity contribution in [1.29, 1.82) is 5.26 Å². The third kappa shape index (κ3) is 3.92. The number of carbonyl (C=O) groups excluding carboxylic acids is 1. The summed E-state index contributed by atoms with van der Waals surface area (Å²) in [5.74, 6) is 0.713.